The Kier molecular flexibility index (Phi) is 3.51. The lowest BCUT2D eigenvalue weighted by molar-refractivity contribution is 0.0762. The lowest BCUT2D eigenvalue weighted by atomic mass is 10.1. The van der Waals surface area contributed by atoms with Gasteiger partial charge in [-0.15, -0.1) is 0 Å². The van der Waals surface area contributed by atoms with E-state index in [0.29, 0.717) is 6.42 Å². The minimum atomic E-state index is -4.05. The van der Waals surface area contributed by atoms with Crippen molar-refractivity contribution in [2.24, 2.45) is 0 Å². The zero-order valence-electron chi connectivity index (χ0n) is 10.2. The molecular weight excluding hydrogens is 295 g/mol. The zero-order valence-corrected chi connectivity index (χ0v) is 11.8. The highest BCUT2D eigenvalue weighted by Crippen LogP contribution is 2.31. The second-order valence-electron chi connectivity index (χ2n) is 4.89. The second kappa shape index (κ2) is 4.59. The third-order valence-corrected chi connectivity index (χ3v) is 5.13. The van der Waals surface area contributed by atoms with Crippen LogP contribution < -0.4 is 5.73 Å². The molecule has 19 heavy (non-hydrogen) atoms. The van der Waals surface area contributed by atoms with Crippen LogP contribution in [0.2, 0.25) is 5.02 Å². The first-order chi connectivity index (χ1) is 8.63. The maximum Gasteiger partial charge on any atom is 0.246 e. The summed E-state index contributed by atoms with van der Waals surface area (Å²) in [4.78, 5) is -0.560. The Balaban J connectivity index is 2.47. The fourth-order valence-electron chi connectivity index (χ4n) is 2.02. The van der Waals surface area contributed by atoms with Gasteiger partial charge in [0, 0.05) is 18.1 Å². The summed E-state index contributed by atoms with van der Waals surface area (Å²) in [6, 6.07) is 2.17. The van der Waals surface area contributed by atoms with Gasteiger partial charge in [-0.2, -0.15) is 4.31 Å². The zero-order chi connectivity index (χ0) is 14.4. The normalized spacial score (nSPS) is 24.8. The van der Waals surface area contributed by atoms with Gasteiger partial charge in [0.2, 0.25) is 10.0 Å². The predicted molar refractivity (Wildman–Crippen MR) is 69.8 cm³/mol. The molecule has 0 aromatic heterocycles. The Bertz CT molecular complexity index is 619. The highest BCUT2D eigenvalue weighted by Gasteiger charge is 2.39. The van der Waals surface area contributed by atoms with Gasteiger partial charge in [0.05, 0.1) is 11.3 Å². The Morgan fingerprint density at radius 3 is 2.68 bits per heavy atom. The Labute approximate surface area is 115 Å². The standard InChI is InChI=1S/C11H14ClFN2O3S/c1-11(16)2-3-15(6-11)19(17,18)9-5-7(12)4-8(14)10(9)13/h4-5,16H,2-3,6,14H2,1H3. The molecule has 1 aromatic rings. The first-order valence-corrected chi connectivity index (χ1v) is 7.42. The third kappa shape index (κ3) is 2.69. The maximum atomic E-state index is 13.9. The van der Waals surface area contributed by atoms with E-state index < -0.39 is 26.3 Å². The smallest absolute Gasteiger partial charge is 0.246 e. The van der Waals surface area contributed by atoms with E-state index in [-0.39, 0.29) is 23.8 Å². The molecule has 3 N–H and O–H groups in total. The second-order valence-corrected chi connectivity index (χ2v) is 7.24. The van der Waals surface area contributed by atoms with Crippen molar-refractivity contribution >= 4 is 27.3 Å². The molecule has 1 fully saturated rings. The van der Waals surface area contributed by atoms with Crippen molar-refractivity contribution in [3.8, 4) is 0 Å². The number of aliphatic hydroxyl groups is 1. The SMILES string of the molecule is CC1(O)CCN(S(=O)(=O)c2cc(Cl)cc(N)c2F)C1. The highest BCUT2D eigenvalue weighted by molar-refractivity contribution is 7.89. The van der Waals surface area contributed by atoms with Gasteiger partial charge in [-0.3, -0.25) is 0 Å². The maximum absolute atomic E-state index is 13.9. The molecule has 0 saturated carbocycles. The average molecular weight is 309 g/mol. The molecule has 1 aliphatic heterocycles. The van der Waals surface area contributed by atoms with Crippen LogP contribution in [-0.2, 0) is 10.0 Å². The summed E-state index contributed by atoms with van der Waals surface area (Å²) < 4.78 is 39.5. The molecule has 2 rings (SSSR count). The van der Waals surface area contributed by atoms with Crippen LogP contribution in [-0.4, -0.2) is 36.5 Å². The Morgan fingerprint density at radius 1 is 1.53 bits per heavy atom. The molecule has 8 heteroatoms. The number of benzene rings is 1. The van der Waals surface area contributed by atoms with Gasteiger partial charge >= 0.3 is 0 Å². The summed E-state index contributed by atoms with van der Waals surface area (Å²) in [7, 11) is -4.05. The van der Waals surface area contributed by atoms with E-state index in [4.69, 9.17) is 17.3 Å². The molecule has 0 radical (unpaired) electrons. The number of nitrogens with zero attached hydrogens (tertiary/aromatic N) is 1. The van der Waals surface area contributed by atoms with Crippen LogP contribution in [0.5, 0.6) is 0 Å². The van der Waals surface area contributed by atoms with Crippen LogP contribution in [0, 0.1) is 5.82 Å². The molecule has 1 aliphatic rings. The van der Waals surface area contributed by atoms with Crippen LogP contribution in [0.25, 0.3) is 0 Å². The first-order valence-electron chi connectivity index (χ1n) is 5.60. The summed E-state index contributed by atoms with van der Waals surface area (Å²) in [5.74, 6) is -1.02. The number of halogens is 2. The van der Waals surface area contributed by atoms with Crippen LogP contribution in [0.15, 0.2) is 17.0 Å². The molecule has 106 valence electrons. The number of anilines is 1. The van der Waals surface area contributed by atoms with Gasteiger partial charge in [0.15, 0.2) is 5.82 Å². The lowest BCUT2D eigenvalue weighted by Crippen LogP contribution is -2.34. The Hall–Kier alpha value is -0.890. The molecule has 1 heterocycles. The van der Waals surface area contributed by atoms with Crippen molar-refractivity contribution in [2.45, 2.75) is 23.8 Å². The number of sulfonamides is 1. The number of nitrogen functional groups attached to an aromatic ring is 1. The van der Waals surface area contributed by atoms with Crippen molar-refractivity contribution < 1.29 is 17.9 Å². The van der Waals surface area contributed by atoms with Crippen molar-refractivity contribution in [2.75, 3.05) is 18.8 Å². The highest BCUT2D eigenvalue weighted by atomic mass is 35.5. The van der Waals surface area contributed by atoms with Gasteiger partial charge in [0.1, 0.15) is 4.90 Å². The summed E-state index contributed by atoms with van der Waals surface area (Å²) in [6.07, 6.45) is 0.296. The fraction of sp³-hybridized carbons (Fsp3) is 0.455. The van der Waals surface area contributed by atoms with Gasteiger partial charge in [-0.1, -0.05) is 11.6 Å². The lowest BCUT2D eigenvalue weighted by Gasteiger charge is -2.19. The third-order valence-electron chi connectivity index (χ3n) is 3.07. The van der Waals surface area contributed by atoms with Crippen LogP contribution in [0.3, 0.4) is 0 Å². The molecule has 1 saturated heterocycles. The molecule has 5 nitrogen and oxygen atoms in total. The fourth-order valence-corrected chi connectivity index (χ4v) is 3.99. The topological polar surface area (TPSA) is 83.6 Å². The molecule has 0 spiro atoms. The van der Waals surface area contributed by atoms with Crippen molar-refractivity contribution in [3.05, 3.63) is 23.0 Å². The van der Waals surface area contributed by atoms with Crippen LogP contribution >= 0.6 is 11.6 Å². The number of rotatable bonds is 2. The van der Waals surface area contributed by atoms with Crippen LogP contribution in [0.4, 0.5) is 10.1 Å². The quantitative estimate of drug-likeness (QED) is 0.804. The van der Waals surface area contributed by atoms with E-state index in [0.717, 1.165) is 16.4 Å². The molecule has 1 aromatic carbocycles. The number of hydrogen-bond donors (Lipinski definition) is 2. The van der Waals surface area contributed by atoms with Crippen molar-refractivity contribution in [1.29, 1.82) is 0 Å². The molecular formula is C11H14ClFN2O3S. The predicted octanol–water partition coefficient (Wildman–Crippen LogP) is 1.21. The van der Waals surface area contributed by atoms with E-state index >= 15 is 0 Å². The van der Waals surface area contributed by atoms with E-state index in [1.165, 1.54) is 6.92 Å². The van der Waals surface area contributed by atoms with Gasteiger partial charge in [-0.05, 0) is 25.5 Å². The summed E-state index contributed by atoms with van der Waals surface area (Å²) in [5, 5.41) is 9.85. The number of hydrogen-bond acceptors (Lipinski definition) is 4. The summed E-state index contributed by atoms with van der Waals surface area (Å²) >= 11 is 5.71. The molecule has 0 aliphatic carbocycles. The molecule has 0 amide bonds. The van der Waals surface area contributed by atoms with E-state index in [9.17, 15) is 17.9 Å². The Morgan fingerprint density at radius 2 is 2.16 bits per heavy atom. The first kappa shape index (κ1) is 14.5. The van der Waals surface area contributed by atoms with E-state index in [1.54, 1.807) is 0 Å². The average Bonchev–Trinajstić information content (AvgIpc) is 2.64. The monoisotopic (exact) mass is 308 g/mol. The summed E-state index contributed by atoms with van der Waals surface area (Å²) in [5.41, 5.74) is 3.95. The van der Waals surface area contributed by atoms with E-state index in [1.807, 2.05) is 0 Å². The van der Waals surface area contributed by atoms with E-state index in [2.05, 4.69) is 0 Å². The number of nitrogens with two attached hydrogens (primary N) is 1. The summed E-state index contributed by atoms with van der Waals surface area (Å²) in [6.45, 7) is 1.58. The van der Waals surface area contributed by atoms with Gasteiger partial charge in [-0.25, -0.2) is 12.8 Å². The largest absolute Gasteiger partial charge is 0.396 e. The number of β-amino-alcohol motifs (C(OH)–C–C–N with tert-alkyl or cyclic N) is 1. The van der Waals surface area contributed by atoms with Gasteiger partial charge < -0.3 is 10.8 Å². The molecule has 0 bridgehead atoms. The molecule has 1 atom stereocenters. The van der Waals surface area contributed by atoms with Crippen LogP contribution in [0.1, 0.15) is 13.3 Å². The minimum Gasteiger partial charge on any atom is -0.396 e. The minimum absolute atomic E-state index is 0.0448. The van der Waals surface area contributed by atoms with Crippen molar-refractivity contribution in [1.82, 2.24) is 4.31 Å². The molecule has 1 unspecified atom stereocenters. The van der Waals surface area contributed by atoms with Crippen molar-refractivity contribution in [3.63, 3.8) is 0 Å². The van der Waals surface area contributed by atoms with Gasteiger partial charge in [0.25, 0.3) is 0 Å².